The number of nitrogens with two attached hydrogens (primary N) is 1. The van der Waals surface area contributed by atoms with Gasteiger partial charge in [0.05, 0.1) is 11.3 Å². The van der Waals surface area contributed by atoms with Gasteiger partial charge in [0.15, 0.2) is 0 Å². The molecular formula is C25H17N5O. The number of nitrogen functional groups attached to an aromatic ring is 1. The molecule has 148 valence electrons. The van der Waals surface area contributed by atoms with Gasteiger partial charge in [0.2, 0.25) is 0 Å². The van der Waals surface area contributed by atoms with Crippen molar-refractivity contribution >= 4 is 17.5 Å². The van der Waals surface area contributed by atoms with E-state index in [-0.39, 0.29) is 22.6 Å². The number of hydrogen-bond donors (Lipinski definition) is 1. The van der Waals surface area contributed by atoms with Crippen molar-refractivity contribution in [2.45, 2.75) is 0 Å². The Bertz CT molecular complexity index is 1330. The molecule has 3 aromatic carbocycles. The van der Waals surface area contributed by atoms with Gasteiger partial charge in [0, 0.05) is 0 Å². The Labute approximate surface area is 179 Å². The standard InChI is InChI=1S/C25H17N5O/c26-16-19(14-18-8-7-13-22(15-18)31-21-11-5-2-6-12-21)24-23(17-27)25(28)30(29-24)20-9-3-1-4-10-20/h1-15H,28H2/b19-14+. The van der Waals surface area contributed by atoms with Crippen molar-refractivity contribution in [1.29, 1.82) is 10.5 Å². The van der Waals surface area contributed by atoms with E-state index >= 15 is 0 Å². The average Bonchev–Trinajstić information content (AvgIpc) is 3.15. The summed E-state index contributed by atoms with van der Waals surface area (Å²) in [6, 6.07) is 30.2. The third-order valence-corrected chi connectivity index (χ3v) is 4.56. The van der Waals surface area contributed by atoms with Crippen molar-refractivity contribution in [3.8, 4) is 29.3 Å². The molecule has 1 heterocycles. The summed E-state index contributed by atoms with van der Waals surface area (Å²) in [5.74, 6) is 1.53. The van der Waals surface area contributed by atoms with E-state index in [9.17, 15) is 10.5 Å². The normalized spacial score (nSPS) is 10.8. The summed E-state index contributed by atoms with van der Waals surface area (Å²) < 4.78 is 7.33. The first-order valence-electron chi connectivity index (χ1n) is 9.49. The molecular weight excluding hydrogens is 386 g/mol. The van der Waals surface area contributed by atoms with Gasteiger partial charge in [0.1, 0.15) is 40.7 Å². The quantitative estimate of drug-likeness (QED) is 0.463. The number of para-hydroxylation sites is 2. The lowest BCUT2D eigenvalue weighted by atomic mass is 10.1. The summed E-state index contributed by atoms with van der Waals surface area (Å²) in [6.07, 6.45) is 1.66. The summed E-state index contributed by atoms with van der Waals surface area (Å²) in [5, 5.41) is 23.9. The number of ether oxygens (including phenoxy) is 1. The van der Waals surface area contributed by atoms with Crippen LogP contribution in [0.3, 0.4) is 0 Å². The third-order valence-electron chi connectivity index (χ3n) is 4.56. The molecule has 0 atom stereocenters. The monoisotopic (exact) mass is 403 g/mol. The van der Waals surface area contributed by atoms with Crippen molar-refractivity contribution in [3.63, 3.8) is 0 Å². The van der Waals surface area contributed by atoms with Crippen LogP contribution in [-0.4, -0.2) is 9.78 Å². The van der Waals surface area contributed by atoms with Crippen molar-refractivity contribution in [2.24, 2.45) is 0 Å². The number of rotatable bonds is 5. The minimum Gasteiger partial charge on any atom is -0.457 e. The smallest absolute Gasteiger partial charge is 0.145 e. The molecule has 0 radical (unpaired) electrons. The number of benzene rings is 3. The van der Waals surface area contributed by atoms with Crippen LogP contribution in [0.5, 0.6) is 11.5 Å². The van der Waals surface area contributed by atoms with Gasteiger partial charge in [-0.15, -0.1) is 0 Å². The molecule has 0 bridgehead atoms. The number of anilines is 1. The second-order valence-electron chi connectivity index (χ2n) is 6.63. The molecule has 0 aliphatic rings. The molecule has 0 fully saturated rings. The van der Waals surface area contributed by atoms with E-state index in [1.807, 2.05) is 84.9 Å². The molecule has 0 saturated carbocycles. The maximum Gasteiger partial charge on any atom is 0.145 e. The first kappa shape index (κ1) is 19.5. The Morgan fingerprint density at radius 3 is 2.26 bits per heavy atom. The van der Waals surface area contributed by atoms with Crippen LogP contribution < -0.4 is 10.5 Å². The molecule has 0 aliphatic carbocycles. The maximum absolute atomic E-state index is 9.79. The molecule has 0 amide bonds. The molecule has 0 spiro atoms. The molecule has 31 heavy (non-hydrogen) atoms. The Morgan fingerprint density at radius 1 is 0.903 bits per heavy atom. The van der Waals surface area contributed by atoms with E-state index in [1.54, 1.807) is 6.08 Å². The highest BCUT2D eigenvalue weighted by Crippen LogP contribution is 2.28. The van der Waals surface area contributed by atoms with E-state index in [0.29, 0.717) is 17.2 Å². The van der Waals surface area contributed by atoms with Gasteiger partial charge < -0.3 is 10.5 Å². The zero-order chi connectivity index (χ0) is 21.6. The van der Waals surface area contributed by atoms with Gasteiger partial charge in [-0.05, 0) is 48.0 Å². The highest BCUT2D eigenvalue weighted by molar-refractivity contribution is 5.91. The van der Waals surface area contributed by atoms with E-state index in [2.05, 4.69) is 17.2 Å². The summed E-state index contributed by atoms with van der Waals surface area (Å²) in [7, 11) is 0. The highest BCUT2D eigenvalue weighted by atomic mass is 16.5. The highest BCUT2D eigenvalue weighted by Gasteiger charge is 2.19. The van der Waals surface area contributed by atoms with Crippen LogP contribution in [0.4, 0.5) is 5.82 Å². The van der Waals surface area contributed by atoms with E-state index < -0.39 is 0 Å². The Balaban J connectivity index is 1.72. The number of nitriles is 2. The van der Waals surface area contributed by atoms with Gasteiger partial charge >= 0.3 is 0 Å². The molecule has 6 nitrogen and oxygen atoms in total. The van der Waals surface area contributed by atoms with Crippen molar-refractivity contribution in [2.75, 3.05) is 5.73 Å². The van der Waals surface area contributed by atoms with Crippen molar-refractivity contribution in [3.05, 3.63) is 102 Å². The minimum atomic E-state index is 0.161. The molecule has 6 heteroatoms. The van der Waals surface area contributed by atoms with E-state index in [1.165, 1.54) is 4.68 Å². The number of nitrogens with zero attached hydrogens (tertiary/aromatic N) is 4. The van der Waals surface area contributed by atoms with Crippen molar-refractivity contribution in [1.82, 2.24) is 9.78 Å². The van der Waals surface area contributed by atoms with Gasteiger partial charge in [-0.25, -0.2) is 4.68 Å². The minimum absolute atomic E-state index is 0.161. The van der Waals surface area contributed by atoms with Crippen LogP contribution in [-0.2, 0) is 0 Å². The zero-order valence-corrected chi connectivity index (χ0v) is 16.4. The lowest BCUT2D eigenvalue weighted by Crippen LogP contribution is -2.02. The molecule has 0 unspecified atom stereocenters. The van der Waals surface area contributed by atoms with Gasteiger partial charge in [-0.1, -0.05) is 48.5 Å². The summed E-state index contributed by atoms with van der Waals surface area (Å²) >= 11 is 0. The van der Waals surface area contributed by atoms with Crippen LogP contribution in [0.2, 0.25) is 0 Å². The Kier molecular flexibility index (Phi) is 5.47. The van der Waals surface area contributed by atoms with Crippen LogP contribution in [0.25, 0.3) is 17.3 Å². The van der Waals surface area contributed by atoms with Gasteiger partial charge in [0.25, 0.3) is 0 Å². The molecule has 4 rings (SSSR count). The number of allylic oxidation sites excluding steroid dienone is 1. The van der Waals surface area contributed by atoms with Gasteiger partial charge in [-0.3, -0.25) is 0 Å². The molecule has 0 saturated heterocycles. The van der Waals surface area contributed by atoms with E-state index in [4.69, 9.17) is 10.5 Å². The van der Waals surface area contributed by atoms with Crippen molar-refractivity contribution < 1.29 is 4.74 Å². The predicted molar refractivity (Wildman–Crippen MR) is 119 cm³/mol. The van der Waals surface area contributed by atoms with E-state index in [0.717, 1.165) is 5.56 Å². The van der Waals surface area contributed by atoms with Crippen LogP contribution in [0, 0.1) is 22.7 Å². The van der Waals surface area contributed by atoms with Crippen LogP contribution in [0.1, 0.15) is 16.8 Å². The fraction of sp³-hybridized carbons (Fsp3) is 0. The fourth-order valence-electron chi connectivity index (χ4n) is 3.11. The predicted octanol–water partition coefficient (Wildman–Crippen LogP) is 5.18. The van der Waals surface area contributed by atoms with Gasteiger partial charge in [-0.2, -0.15) is 15.6 Å². The fourth-order valence-corrected chi connectivity index (χ4v) is 3.11. The first-order valence-corrected chi connectivity index (χ1v) is 9.49. The average molecular weight is 403 g/mol. The molecule has 4 aromatic rings. The number of aromatic nitrogens is 2. The number of hydrogen-bond acceptors (Lipinski definition) is 5. The molecule has 2 N–H and O–H groups in total. The summed E-state index contributed by atoms with van der Waals surface area (Å²) in [5.41, 5.74) is 8.24. The second kappa shape index (κ2) is 8.69. The Hall–Kier alpha value is -4.81. The maximum atomic E-state index is 9.79. The van der Waals surface area contributed by atoms with Crippen LogP contribution >= 0.6 is 0 Å². The lowest BCUT2D eigenvalue weighted by molar-refractivity contribution is 0.482. The third kappa shape index (κ3) is 4.14. The second-order valence-corrected chi connectivity index (χ2v) is 6.63. The summed E-state index contributed by atoms with van der Waals surface area (Å²) in [6.45, 7) is 0. The molecule has 0 aliphatic heterocycles. The largest absolute Gasteiger partial charge is 0.457 e. The first-order chi connectivity index (χ1) is 15.2. The SMILES string of the molecule is N#C/C(=C\c1cccc(Oc2ccccc2)c1)c1nn(-c2ccccc2)c(N)c1C#N. The summed E-state index contributed by atoms with van der Waals surface area (Å²) in [4.78, 5) is 0. The zero-order valence-electron chi connectivity index (χ0n) is 16.4. The Morgan fingerprint density at radius 2 is 1.58 bits per heavy atom. The van der Waals surface area contributed by atoms with Crippen LogP contribution in [0.15, 0.2) is 84.9 Å². The molecule has 1 aromatic heterocycles. The topological polar surface area (TPSA) is 101 Å². The lowest BCUT2D eigenvalue weighted by Gasteiger charge is -2.06.